The molecular formula is C17H19NO4. The zero-order valence-electron chi connectivity index (χ0n) is 12.3. The maximum Gasteiger partial charge on any atom is 0.320 e. The maximum absolute atomic E-state index is 10.8. The molecule has 0 heterocycles. The number of carboxylic acids is 1. The summed E-state index contributed by atoms with van der Waals surface area (Å²) in [6.07, 6.45) is 0.255. The van der Waals surface area contributed by atoms with Gasteiger partial charge in [-0.15, -0.1) is 0 Å². The van der Waals surface area contributed by atoms with Crippen LogP contribution in [0.15, 0.2) is 42.5 Å². The summed E-state index contributed by atoms with van der Waals surface area (Å²) in [6, 6.07) is 11.6. The van der Waals surface area contributed by atoms with Crippen molar-refractivity contribution in [2.45, 2.75) is 26.0 Å². The molecule has 22 heavy (non-hydrogen) atoms. The van der Waals surface area contributed by atoms with E-state index in [4.69, 9.17) is 15.6 Å². The number of hydrogen-bond acceptors (Lipinski definition) is 4. The minimum absolute atomic E-state index is 0.255. The fraction of sp³-hybridized carbons (Fsp3) is 0.235. The number of hydrogen-bond donors (Lipinski definition) is 3. The van der Waals surface area contributed by atoms with Gasteiger partial charge in [0.2, 0.25) is 0 Å². The van der Waals surface area contributed by atoms with Crippen LogP contribution in [-0.4, -0.2) is 22.2 Å². The molecule has 2 aromatic rings. The largest absolute Gasteiger partial charge is 0.508 e. The monoisotopic (exact) mass is 301 g/mol. The van der Waals surface area contributed by atoms with Gasteiger partial charge in [-0.05, 0) is 54.3 Å². The van der Waals surface area contributed by atoms with Crippen LogP contribution in [0.2, 0.25) is 0 Å². The minimum atomic E-state index is -1.02. The molecule has 1 atom stereocenters. The van der Waals surface area contributed by atoms with E-state index in [1.165, 1.54) is 0 Å². The highest BCUT2D eigenvalue weighted by Gasteiger charge is 2.12. The van der Waals surface area contributed by atoms with E-state index in [9.17, 15) is 9.90 Å². The molecule has 0 aliphatic heterocycles. The number of nitrogens with two attached hydrogens (primary N) is 1. The van der Waals surface area contributed by atoms with Crippen molar-refractivity contribution in [1.29, 1.82) is 0 Å². The molecule has 0 radical (unpaired) electrons. The first-order valence-electron chi connectivity index (χ1n) is 6.94. The van der Waals surface area contributed by atoms with Crippen LogP contribution in [0.3, 0.4) is 0 Å². The van der Waals surface area contributed by atoms with Crippen molar-refractivity contribution in [3.63, 3.8) is 0 Å². The Bertz CT molecular complexity index is 669. The van der Waals surface area contributed by atoms with Gasteiger partial charge in [-0.1, -0.05) is 18.2 Å². The molecule has 2 aromatic carbocycles. The molecule has 0 saturated heterocycles. The van der Waals surface area contributed by atoms with Gasteiger partial charge in [0.1, 0.15) is 24.1 Å². The van der Waals surface area contributed by atoms with Crippen molar-refractivity contribution >= 4 is 5.97 Å². The number of rotatable bonds is 6. The summed E-state index contributed by atoms with van der Waals surface area (Å²) < 4.78 is 5.70. The molecule has 0 amide bonds. The number of ether oxygens (including phenoxy) is 1. The zero-order chi connectivity index (χ0) is 16.1. The van der Waals surface area contributed by atoms with Gasteiger partial charge in [0, 0.05) is 0 Å². The van der Waals surface area contributed by atoms with E-state index >= 15 is 0 Å². The molecule has 5 nitrogen and oxygen atoms in total. The fourth-order valence-electron chi connectivity index (χ4n) is 2.08. The second-order valence-electron chi connectivity index (χ2n) is 5.21. The molecule has 0 fully saturated rings. The topological polar surface area (TPSA) is 92.8 Å². The predicted octanol–water partition coefficient (Wildman–Crippen LogP) is 2.23. The molecule has 5 heteroatoms. The molecule has 0 saturated carbocycles. The SMILES string of the molecule is Cc1cc(COc2cccc(C[C@H](N)C(=O)O)c2)ccc1O. The molecular weight excluding hydrogens is 282 g/mol. The number of aromatic hydroxyl groups is 1. The minimum Gasteiger partial charge on any atom is -0.508 e. The van der Waals surface area contributed by atoms with Gasteiger partial charge in [0.05, 0.1) is 0 Å². The van der Waals surface area contributed by atoms with Crippen LogP contribution in [0.5, 0.6) is 11.5 Å². The van der Waals surface area contributed by atoms with E-state index in [1.807, 2.05) is 25.1 Å². The number of phenols is 1. The Hall–Kier alpha value is -2.53. The van der Waals surface area contributed by atoms with Gasteiger partial charge >= 0.3 is 5.97 Å². The molecule has 0 aromatic heterocycles. The number of carboxylic acid groups (broad SMARTS) is 1. The van der Waals surface area contributed by atoms with E-state index in [1.54, 1.807) is 24.3 Å². The van der Waals surface area contributed by atoms with Crippen molar-refractivity contribution in [1.82, 2.24) is 0 Å². The Balaban J connectivity index is 2.01. The number of carbonyl (C=O) groups is 1. The summed E-state index contributed by atoms with van der Waals surface area (Å²) in [5.74, 6) is -0.111. The van der Waals surface area contributed by atoms with Crippen LogP contribution < -0.4 is 10.5 Å². The number of aliphatic carboxylic acids is 1. The second-order valence-corrected chi connectivity index (χ2v) is 5.21. The summed E-state index contributed by atoms with van der Waals surface area (Å²) in [6.45, 7) is 2.20. The average Bonchev–Trinajstić information content (AvgIpc) is 2.49. The highest BCUT2D eigenvalue weighted by atomic mass is 16.5. The molecule has 0 aliphatic rings. The van der Waals surface area contributed by atoms with Crippen LogP contribution >= 0.6 is 0 Å². The summed E-state index contributed by atoms with van der Waals surface area (Å²) in [5, 5.41) is 18.3. The number of benzene rings is 2. The van der Waals surface area contributed by atoms with Crippen LogP contribution in [-0.2, 0) is 17.8 Å². The first kappa shape index (κ1) is 15.9. The van der Waals surface area contributed by atoms with Gasteiger partial charge in [-0.2, -0.15) is 0 Å². The third-order valence-electron chi connectivity index (χ3n) is 3.34. The van der Waals surface area contributed by atoms with Crippen molar-refractivity contribution in [3.05, 3.63) is 59.2 Å². The van der Waals surface area contributed by atoms with Gasteiger partial charge < -0.3 is 20.7 Å². The molecule has 0 spiro atoms. The van der Waals surface area contributed by atoms with Crippen molar-refractivity contribution < 1.29 is 19.7 Å². The fourth-order valence-corrected chi connectivity index (χ4v) is 2.08. The van der Waals surface area contributed by atoms with Crippen LogP contribution in [0, 0.1) is 6.92 Å². The highest BCUT2D eigenvalue weighted by molar-refractivity contribution is 5.73. The molecule has 0 bridgehead atoms. The Morgan fingerprint density at radius 2 is 2.00 bits per heavy atom. The third kappa shape index (κ3) is 4.23. The van der Waals surface area contributed by atoms with E-state index < -0.39 is 12.0 Å². The van der Waals surface area contributed by atoms with Crippen molar-refractivity contribution in [2.24, 2.45) is 5.73 Å². The van der Waals surface area contributed by atoms with E-state index in [2.05, 4.69) is 0 Å². The standard InChI is InChI=1S/C17H19NO4/c1-11-7-13(5-6-16(11)19)10-22-14-4-2-3-12(8-14)9-15(18)17(20)21/h2-8,15,19H,9-10,18H2,1H3,(H,20,21)/t15-/m0/s1. The van der Waals surface area contributed by atoms with Crippen molar-refractivity contribution in [2.75, 3.05) is 0 Å². The first-order chi connectivity index (χ1) is 10.5. The van der Waals surface area contributed by atoms with Gasteiger partial charge in [0.15, 0.2) is 0 Å². The van der Waals surface area contributed by atoms with E-state index in [0.717, 1.165) is 16.7 Å². The molecule has 0 aliphatic carbocycles. The van der Waals surface area contributed by atoms with Crippen LogP contribution in [0.25, 0.3) is 0 Å². The third-order valence-corrected chi connectivity index (χ3v) is 3.34. The van der Waals surface area contributed by atoms with Gasteiger partial charge in [0.25, 0.3) is 0 Å². The maximum atomic E-state index is 10.8. The lowest BCUT2D eigenvalue weighted by atomic mass is 10.1. The first-order valence-corrected chi connectivity index (χ1v) is 6.94. The lowest BCUT2D eigenvalue weighted by Crippen LogP contribution is -2.32. The lowest BCUT2D eigenvalue weighted by molar-refractivity contribution is -0.138. The number of phenolic OH excluding ortho intramolecular Hbond substituents is 1. The van der Waals surface area contributed by atoms with Crippen LogP contribution in [0.1, 0.15) is 16.7 Å². The Morgan fingerprint density at radius 3 is 2.68 bits per heavy atom. The second kappa shape index (κ2) is 6.95. The summed E-state index contributed by atoms with van der Waals surface area (Å²) in [5.41, 5.74) is 8.09. The predicted molar refractivity (Wildman–Crippen MR) is 82.9 cm³/mol. The Kier molecular flexibility index (Phi) is 5.01. The Labute approximate surface area is 129 Å². The summed E-state index contributed by atoms with van der Waals surface area (Å²) >= 11 is 0. The molecule has 116 valence electrons. The zero-order valence-corrected chi connectivity index (χ0v) is 12.3. The van der Waals surface area contributed by atoms with Crippen LogP contribution in [0.4, 0.5) is 0 Å². The molecule has 2 rings (SSSR count). The number of aryl methyl sites for hydroxylation is 1. The highest BCUT2D eigenvalue weighted by Crippen LogP contribution is 2.20. The molecule has 4 N–H and O–H groups in total. The van der Waals surface area contributed by atoms with E-state index in [-0.39, 0.29) is 12.2 Å². The van der Waals surface area contributed by atoms with Crippen molar-refractivity contribution in [3.8, 4) is 11.5 Å². The summed E-state index contributed by atoms with van der Waals surface area (Å²) in [7, 11) is 0. The average molecular weight is 301 g/mol. The van der Waals surface area contributed by atoms with Gasteiger partial charge in [-0.3, -0.25) is 4.79 Å². The molecule has 0 unspecified atom stereocenters. The smallest absolute Gasteiger partial charge is 0.320 e. The normalized spacial score (nSPS) is 11.9. The van der Waals surface area contributed by atoms with E-state index in [0.29, 0.717) is 12.4 Å². The lowest BCUT2D eigenvalue weighted by Gasteiger charge is -2.10. The quantitative estimate of drug-likeness (QED) is 0.761. The van der Waals surface area contributed by atoms with Gasteiger partial charge in [-0.25, -0.2) is 0 Å². The summed E-state index contributed by atoms with van der Waals surface area (Å²) in [4.78, 5) is 10.8. The Morgan fingerprint density at radius 1 is 1.23 bits per heavy atom.